The number of unbranched alkanes of at least 4 members (excludes halogenated alkanes) is 1. The van der Waals surface area contributed by atoms with Crippen molar-refractivity contribution in [3.05, 3.63) is 0 Å². The van der Waals surface area contributed by atoms with Gasteiger partial charge < -0.3 is 0 Å². The highest BCUT2D eigenvalue weighted by Gasteiger charge is 2.19. The highest BCUT2D eigenvalue weighted by Crippen LogP contribution is 2.46. The van der Waals surface area contributed by atoms with E-state index in [2.05, 4.69) is 11.6 Å². The fourth-order valence-corrected chi connectivity index (χ4v) is 1.91. The maximum Gasteiger partial charge on any atom is 0.405 e. The van der Waals surface area contributed by atoms with Crippen molar-refractivity contribution in [3.8, 4) is 11.6 Å². The Kier molecular flexibility index (Phi) is 6.99. The maximum atomic E-state index is 11.7. The van der Waals surface area contributed by atoms with E-state index in [1.54, 1.807) is 13.8 Å². The maximum absolute atomic E-state index is 11.7. The first-order valence-electron chi connectivity index (χ1n) is 4.57. The molecule has 0 N–H and O–H groups in total. The monoisotopic (exact) mass is 204 g/mol. The van der Waals surface area contributed by atoms with Crippen LogP contribution in [0.15, 0.2) is 0 Å². The van der Waals surface area contributed by atoms with Crippen molar-refractivity contribution in [1.29, 1.82) is 0 Å². The average Bonchev–Trinajstić information content (AvgIpc) is 2.05. The second kappa shape index (κ2) is 7.15. The van der Waals surface area contributed by atoms with Gasteiger partial charge in [0.2, 0.25) is 0 Å². The van der Waals surface area contributed by atoms with Gasteiger partial charge in [-0.25, -0.2) is 4.57 Å². The largest absolute Gasteiger partial charge is 0.405 e. The van der Waals surface area contributed by atoms with Gasteiger partial charge in [0.05, 0.1) is 13.2 Å². The lowest BCUT2D eigenvalue weighted by molar-refractivity contribution is 0.230. The number of hydrogen-bond donors (Lipinski definition) is 0. The Morgan fingerprint density at radius 3 is 2.08 bits per heavy atom. The van der Waals surface area contributed by atoms with E-state index in [9.17, 15) is 4.57 Å². The first-order valence-corrected chi connectivity index (χ1v) is 6.12. The van der Waals surface area contributed by atoms with Gasteiger partial charge in [-0.3, -0.25) is 9.05 Å². The zero-order valence-corrected chi connectivity index (χ0v) is 9.39. The molecule has 0 heterocycles. The summed E-state index contributed by atoms with van der Waals surface area (Å²) in [5, 5.41) is 0. The van der Waals surface area contributed by atoms with E-state index in [1.807, 2.05) is 6.92 Å². The van der Waals surface area contributed by atoms with Gasteiger partial charge in [-0.15, -0.1) is 0 Å². The fourth-order valence-electron chi connectivity index (χ4n) is 0.719. The van der Waals surface area contributed by atoms with Crippen LogP contribution in [0.2, 0.25) is 0 Å². The standard InChI is InChI=1S/C9H17O3P/c1-4-7-8-9-13(10,11-5-2)12-6-3/h4-7H2,1-3H3. The predicted octanol–water partition coefficient (Wildman–Crippen LogP) is 3.01. The van der Waals surface area contributed by atoms with E-state index in [0.717, 1.165) is 12.8 Å². The fraction of sp³-hybridized carbons (Fsp3) is 0.778. The van der Waals surface area contributed by atoms with Gasteiger partial charge >= 0.3 is 7.60 Å². The smallest absolute Gasteiger partial charge is 0.300 e. The first-order chi connectivity index (χ1) is 6.18. The second-order valence-electron chi connectivity index (χ2n) is 2.37. The quantitative estimate of drug-likeness (QED) is 0.510. The van der Waals surface area contributed by atoms with Crippen molar-refractivity contribution >= 4 is 7.60 Å². The minimum atomic E-state index is -3.11. The molecule has 0 rings (SSSR count). The van der Waals surface area contributed by atoms with Gasteiger partial charge in [-0.1, -0.05) is 12.8 Å². The summed E-state index contributed by atoms with van der Waals surface area (Å²) >= 11 is 0. The average molecular weight is 204 g/mol. The van der Waals surface area contributed by atoms with Crippen LogP contribution in [0.3, 0.4) is 0 Å². The highest BCUT2D eigenvalue weighted by atomic mass is 31.2. The Bertz CT molecular complexity index is 217. The molecule has 4 heteroatoms. The van der Waals surface area contributed by atoms with Crippen LogP contribution < -0.4 is 0 Å². The molecule has 0 radical (unpaired) electrons. The lowest BCUT2D eigenvalue weighted by Crippen LogP contribution is -1.92. The highest BCUT2D eigenvalue weighted by molar-refractivity contribution is 7.59. The molecule has 0 spiro atoms. The molecule has 0 aromatic rings. The van der Waals surface area contributed by atoms with Gasteiger partial charge in [0.1, 0.15) is 0 Å². The molecule has 0 aromatic carbocycles. The second-order valence-corrected chi connectivity index (χ2v) is 4.11. The predicted molar refractivity (Wildman–Crippen MR) is 53.5 cm³/mol. The molecule has 0 bridgehead atoms. The molecule has 0 aliphatic carbocycles. The molecule has 0 atom stereocenters. The minimum Gasteiger partial charge on any atom is -0.300 e. The third kappa shape index (κ3) is 5.87. The van der Waals surface area contributed by atoms with Crippen LogP contribution in [0.1, 0.15) is 33.6 Å². The molecule has 0 unspecified atom stereocenters. The topological polar surface area (TPSA) is 35.5 Å². The van der Waals surface area contributed by atoms with Crippen LogP contribution >= 0.6 is 7.60 Å². The van der Waals surface area contributed by atoms with Gasteiger partial charge in [0.25, 0.3) is 0 Å². The Morgan fingerprint density at radius 2 is 1.69 bits per heavy atom. The normalized spacial score (nSPS) is 10.7. The van der Waals surface area contributed by atoms with E-state index in [1.165, 1.54) is 0 Å². The zero-order chi connectivity index (χ0) is 10.2. The molecule has 0 aliphatic heterocycles. The van der Waals surface area contributed by atoms with Crippen LogP contribution in [-0.2, 0) is 13.6 Å². The van der Waals surface area contributed by atoms with Gasteiger partial charge in [-0.2, -0.15) is 0 Å². The lowest BCUT2D eigenvalue weighted by atomic mass is 10.4. The van der Waals surface area contributed by atoms with Crippen LogP contribution in [0.4, 0.5) is 0 Å². The summed E-state index contributed by atoms with van der Waals surface area (Å²) in [6.45, 7) is 6.28. The molecule has 0 fully saturated rings. The molecule has 3 nitrogen and oxygen atoms in total. The Labute approximate surface area is 80.3 Å². The third-order valence-electron chi connectivity index (χ3n) is 1.19. The van der Waals surface area contributed by atoms with Crippen LogP contribution in [0.5, 0.6) is 0 Å². The summed E-state index contributed by atoms with van der Waals surface area (Å²) in [5.74, 6) is 2.78. The summed E-state index contributed by atoms with van der Waals surface area (Å²) in [6, 6.07) is 0. The summed E-state index contributed by atoms with van der Waals surface area (Å²) in [7, 11) is -3.11. The molecular weight excluding hydrogens is 187 g/mol. The SMILES string of the molecule is CCCC#CP(=O)(OCC)OCC. The van der Waals surface area contributed by atoms with Crippen LogP contribution in [0.25, 0.3) is 0 Å². The zero-order valence-electron chi connectivity index (χ0n) is 8.50. The molecular formula is C9H17O3P. The molecule has 0 aromatic heterocycles. The third-order valence-corrected chi connectivity index (χ3v) is 2.82. The van der Waals surface area contributed by atoms with Crippen molar-refractivity contribution in [1.82, 2.24) is 0 Å². The molecule has 0 saturated heterocycles. The van der Waals surface area contributed by atoms with Crippen LogP contribution in [0, 0.1) is 11.6 Å². The molecule has 0 saturated carbocycles. The van der Waals surface area contributed by atoms with E-state index in [-0.39, 0.29) is 0 Å². The molecule has 0 aliphatic rings. The Morgan fingerprint density at radius 1 is 1.15 bits per heavy atom. The van der Waals surface area contributed by atoms with E-state index < -0.39 is 7.60 Å². The number of hydrogen-bond acceptors (Lipinski definition) is 3. The Hall–Kier alpha value is -0.290. The van der Waals surface area contributed by atoms with Crippen molar-refractivity contribution < 1.29 is 13.6 Å². The minimum absolute atomic E-state index is 0.359. The van der Waals surface area contributed by atoms with Crippen LogP contribution in [-0.4, -0.2) is 13.2 Å². The van der Waals surface area contributed by atoms with Crippen molar-refractivity contribution in [2.75, 3.05) is 13.2 Å². The van der Waals surface area contributed by atoms with Gasteiger partial charge in [0.15, 0.2) is 0 Å². The van der Waals surface area contributed by atoms with Crippen molar-refractivity contribution in [3.63, 3.8) is 0 Å². The van der Waals surface area contributed by atoms with E-state index in [4.69, 9.17) is 9.05 Å². The summed E-state index contributed by atoms with van der Waals surface area (Å²) in [5.41, 5.74) is 2.56. The number of rotatable bonds is 5. The molecule has 13 heavy (non-hydrogen) atoms. The van der Waals surface area contributed by atoms with E-state index >= 15 is 0 Å². The lowest BCUT2D eigenvalue weighted by Gasteiger charge is -2.09. The summed E-state index contributed by atoms with van der Waals surface area (Å²) < 4.78 is 21.6. The summed E-state index contributed by atoms with van der Waals surface area (Å²) in [6.07, 6.45) is 1.68. The van der Waals surface area contributed by atoms with Crippen molar-refractivity contribution in [2.24, 2.45) is 0 Å². The van der Waals surface area contributed by atoms with Crippen molar-refractivity contribution in [2.45, 2.75) is 33.6 Å². The Balaban J connectivity index is 4.25. The first kappa shape index (κ1) is 12.7. The molecule has 76 valence electrons. The van der Waals surface area contributed by atoms with Gasteiger partial charge in [-0.05, 0) is 20.3 Å². The molecule has 0 amide bonds. The summed E-state index contributed by atoms with van der Waals surface area (Å²) in [4.78, 5) is 0. The van der Waals surface area contributed by atoms with E-state index in [0.29, 0.717) is 13.2 Å². The van der Waals surface area contributed by atoms with Gasteiger partial charge in [0, 0.05) is 12.1 Å².